The molecule has 1 aromatic rings. The van der Waals surface area contributed by atoms with Gasteiger partial charge in [-0.15, -0.1) is 0 Å². The Balaban J connectivity index is 2.23. The van der Waals surface area contributed by atoms with E-state index in [1.54, 1.807) is 0 Å². The molecule has 1 unspecified atom stereocenters. The molecule has 1 saturated heterocycles. The number of nitrogens with one attached hydrogen (secondary N) is 1. The highest BCUT2D eigenvalue weighted by Crippen LogP contribution is 2.23. The Morgan fingerprint density at radius 3 is 2.80 bits per heavy atom. The number of halogens is 1. The first-order chi connectivity index (χ1) is 7.15. The smallest absolute Gasteiger partial charge is 0.227 e. The van der Waals surface area contributed by atoms with Crippen molar-refractivity contribution >= 4 is 27.6 Å². The van der Waals surface area contributed by atoms with Crippen LogP contribution in [0.1, 0.15) is 24.4 Å². The van der Waals surface area contributed by atoms with Gasteiger partial charge in [0.2, 0.25) is 5.91 Å². The van der Waals surface area contributed by atoms with Crippen LogP contribution in [0.4, 0.5) is 0 Å². The first-order valence-electron chi connectivity index (χ1n) is 4.71. The van der Waals surface area contributed by atoms with Crippen molar-refractivity contribution in [2.24, 2.45) is 0 Å². The van der Waals surface area contributed by atoms with Crippen molar-refractivity contribution in [3.63, 3.8) is 0 Å². The summed E-state index contributed by atoms with van der Waals surface area (Å²) in [5.74, 6) is -0.181. The van der Waals surface area contributed by atoms with E-state index in [-0.39, 0.29) is 24.2 Å². The normalized spacial score (nSPS) is 21.3. The highest BCUT2D eigenvalue weighted by atomic mass is 79.9. The van der Waals surface area contributed by atoms with Gasteiger partial charge in [-0.25, -0.2) is 0 Å². The van der Waals surface area contributed by atoms with Crippen LogP contribution in [0.25, 0.3) is 0 Å². The lowest BCUT2D eigenvalue weighted by Crippen LogP contribution is -2.36. The molecule has 1 aliphatic rings. The first kappa shape index (κ1) is 10.4. The molecule has 0 aliphatic carbocycles. The average Bonchev–Trinajstić information content (AvgIpc) is 2.16. The molecule has 0 radical (unpaired) electrons. The standard InChI is InChI=1S/C11H10BrNO2/c12-8-3-1-2-7(4-8)10-5-9(14)6-11(15)13-10/h1-4,10H,5-6H2,(H,13,15). The Labute approximate surface area is 96.0 Å². The lowest BCUT2D eigenvalue weighted by atomic mass is 9.96. The van der Waals surface area contributed by atoms with Crippen LogP contribution >= 0.6 is 15.9 Å². The van der Waals surface area contributed by atoms with E-state index in [2.05, 4.69) is 21.2 Å². The van der Waals surface area contributed by atoms with Gasteiger partial charge in [-0.1, -0.05) is 28.1 Å². The highest BCUT2D eigenvalue weighted by Gasteiger charge is 2.25. The molecule has 78 valence electrons. The first-order valence-corrected chi connectivity index (χ1v) is 5.51. The predicted octanol–water partition coefficient (Wildman–Crippen LogP) is 1.97. The van der Waals surface area contributed by atoms with E-state index in [0.29, 0.717) is 6.42 Å². The van der Waals surface area contributed by atoms with Gasteiger partial charge in [0.1, 0.15) is 5.78 Å². The predicted molar refractivity (Wildman–Crippen MR) is 59.3 cm³/mol. The summed E-state index contributed by atoms with van der Waals surface area (Å²) in [7, 11) is 0. The number of benzene rings is 1. The molecule has 1 fully saturated rings. The van der Waals surface area contributed by atoms with Crippen LogP contribution < -0.4 is 5.32 Å². The lowest BCUT2D eigenvalue weighted by molar-refractivity contribution is -0.132. The Hall–Kier alpha value is -1.16. The van der Waals surface area contributed by atoms with E-state index in [1.807, 2.05) is 24.3 Å². The second-order valence-corrected chi connectivity index (χ2v) is 4.51. The molecule has 0 saturated carbocycles. The van der Waals surface area contributed by atoms with Crippen LogP contribution in [0.2, 0.25) is 0 Å². The molecule has 1 amide bonds. The summed E-state index contributed by atoms with van der Waals surface area (Å²) in [6.45, 7) is 0. The second kappa shape index (κ2) is 4.14. The van der Waals surface area contributed by atoms with Crippen molar-refractivity contribution in [2.45, 2.75) is 18.9 Å². The molecule has 1 aliphatic heterocycles. The van der Waals surface area contributed by atoms with Crippen molar-refractivity contribution < 1.29 is 9.59 Å². The zero-order chi connectivity index (χ0) is 10.8. The van der Waals surface area contributed by atoms with Crippen molar-refractivity contribution in [3.8, 4) is 0 Å². The number of Topliss-reactive ketones (excluding diaryl/α,β-unsaturated/α-hetero) is 1. The van der Waals surface area contributed by atoms with Gasteiger partial charge in [-0.3, -0.25) is 9.59 Å². The van der Waals surface area contributed by atoms with Crippen molar-refractivity contribution in [3.05, 3.63) is 34.3 Å². The largest absolute Gasteiger partial charge is 0.348 e. The third-order valence-electron chi connectivity index (χ3n) is 2.38. The van der Waals surface area contributed by atoms with Gasteiger partial charge in [0.15, 0.2) is 0 Å². The van der Waals surface area contributed by atoms with E-state index >= 15 is 0 Å². The van der Waals surface area contributed by atoms with Crippen LogP contribution in [-0.4, -0.2) is 11.7 Å². The zero-order valence-electron chi connectivity index (χ0n) is 8.00. The number of amides is 1. The van der Waals surface area contributed by atoms with Crippen LogP contribution in [0, 0.1) is 0 Å². The molecule has 3 nitrogen and oxygen atoms in total. The van der Waals surface area contributed by atoms with E-state index in [9.17, 15) is 9.59 Å². The van der Waals surface area contributed by atoms with Gasteiger partial charge in [-0.2, -0.15) is 0 Å². The van der Waals surface area contributed by atoms with Crippen LogP contribution in [0.5, 0.6) is 0 Å². The van der Waals surface area contributed by atoms with Gasteiger partial charge >= 0.3 is 0 Å². The number of rotatable bonds is 1. The summed E-state index contributed by atoms with van der Waals surface area (Å²) in [6, 6.07) is 7.47. The highest BCUT2D eigenvalue weighted by molar-refractivity contribution is 9.10. The average molecular weight is 268 g/mol. The van der Waals surface area contributed by atoms with Gasteiger partial charge in [0.05, 0.1) is 12.5 Å². The summed E-state index contributed by atoms with van der Waals surface area (Å²) < 4.78 is 0.951. The number of carbonyl (C=O) groups is 2. The summed E-state index contributed by atoms with van der Waals surface area (Å²) in [6.07, 6.45) is 0.409. The maximum Gasteiger partial charge on any atom is 0.227 e. The minimum absolute atomic E-state index is 0.00345. The van der Waals surface area contributed by atoms with E-state index in [0.717, 1.165) is 10.0 Å². The molecule has 0 aromatic heterocycles. The second-order valence-electron chi connectivity index (χ2n) is 3.59. The van der Waals surface area contributed by atoms with E-state index in [4.69, 9.17) is 0 Å². The fourth-order valence-corrected chi connectivity index (χ4v) is 2.12. The van der Waals surface area contributed by atoms with E-state index < -0.39 is 0 Å². The topological polar surface area (TPSA) is 46.2 Å². The summed E-state index contributed by atoms with van der Waals surface area (Å²) >= 11 is 3.36. The number of piperidine rings is 1. The Morgan fingerprint density at radius 2 is 2.13 bits per heavy atom. The molecule has 1 aromatic carbocycles. The minimum atomic E-state index is -0.184. The Bertz CT molecular complexity index is 401. The van der Waals surface area contributed by atoms with Gasteiger partial charge in [-0.05, 0) is 17.7 Å². The number of ketones is 1. The van der Waals surface area contributed by atoms with Crippen molar-refractivity contribution in [1.82, 2.24) is 5.32 Å². The fourth-order valence-electron chi connectivity index (χ4n) is 1.70. The quantitative estimate of drug-likeness (QED) is 0.791. The lowest BCUT2D eigenvalue weighted by Gasteiger charge is -2.22. The maximum atomic E-state index is 11.3. The molecule has 0 bridgehead atoms. The van der Waals surface area contributed by atoms with Gasteiger partial charge in [0, 0.05) is 10.9 Å². The third kappa shape index (κ3) is 2.45. The molecule has 1 atom stereocenters. The van der Waals surface area contributed by atoms with Gasteiger partial charge in [0.25, 0.3) is 0 Å². The summed E-state index contributed by atoms with van der Waals surface area (Å²) in [4.78, 5) is 22.5. The molecule has 0 spiro atoms. The monoisotopic (exact) mass is 267 g/mol. The molecule has 15 heavy (non-hydrogen) atoms. The molecule has 2 rings (SSSR count). The molecule has 1 heterocycles. The van der Waals surface area contributed by atoms with Crippen LogP contribution in [0.3, 0.4) is 0 Å². The Morgan fingerprint density at radius 1 is 1.33 bits per heavy atom. The minimum Gasteiger partial charge on any atom is -0.348 e. The fraction of sp³-hybridized carbons (Fsp3) is 0.273. The number of hydrogen-bond acceptors (Lipinski definition) is 2. The maximum absolute atomic E-state index is 11.3. The third-order valence-corrected chi connectivity index (χ3v) is 2.87. The molecular weight excluding hydrogens is 258 g/mol. The zero-order valence-corrected chi connectivity index (χ0v) is 9.58. The van der Waals surface area contributed by atoms with Crippen LogP contribution in [0.15, 0.2) is 28.7 Å². The van der Waals surface area contributed by atoms with E-state index in [1.165, 1.54) is 0 Å². The van der Waals surface area contributed by atoms with Crippen molar-refractivity contribution in [1.29, 1.82) is 0 Å². The number of carbonyl (C=O) groups excluding carboxylic acids is 2. The van der Waals surface area contributed by atoms with Gasteiger partial charge < -0.3 is 5.32 Å². The Kier molecular flexibility index (Phi) is 2.86. The molecule has 4 heteroatoms. The van der Waals surface area contributed by atoms with Crippen molar-refractivity contribution in [2.75, 3.05) is 0 Å². The molecular formula is C11H10BrNO2. The summed E-state index contributed by atoms with van der Waals surface area (Å²) in [5.41, 5.74) is 0.964. The summed E-state index contributed by atoms with van der Waals surface area (Å²) in [5, 5.41) is 2.81. The number of hydrogen-bond donors (Lipinski definition) is 1. The SMILES string of the molecule is O=C1CC(=O)NC(c2cccc(Br)c2)C1. The van der Waals surface area contributed by atoms with Crippen LogP contribution in [-0.2, 0) is 9.59 Å². The molecule has 1 N–H and O–H groups in total.